The third-order valence-corrected chi connectivity index (χ3v) is 5.73. The zero-order valence-electron chi connectivity index (χ0n) is 17.6. The molecule has 3 aromatic rings. The van der Waals surface area contributed by atoms with Gasteiger partial charge >= 0.3 is 0 Å². The van der Waals surface area contributed by atoms with Crippen LogP contribution in [-0.4, -0.2) is 41.2 Å². The highest BCUT2D eigenvalue weighted by molar-refractivity contribution is 5.76. The predicted octanol–water partition coefficient (Wildman–Crippen LogP) is 3.95. The van der Waals surface area contributed by atoms with E-state index in [1.807, 2.05) is 29.2 Å². The van der Waals surface area contributed by atoms with Gasteiger partial charge in [0.2, 0.25) is 17.7 Å². The average molecular weight is 423 g/mol. The molecule has 0 aliphatic carbocycles. The van der Waals surface area contributed by atoms with Gasteiger partial charge in [-0.2, -0.15) is 0 Å². The first-order chi connectivity index (χ1) is 15.1. The van der Waals surface area contributed by atoms with Crippen LogP contribution in [-0.2, 0) is 24.1 Å². The number of amides is 1. The highest BCUT2D eigenvalue weighted by atomic mass is 19.1. The Kier molecular flexibility index (Phi) is 6.60. The van der Waals surface area contributed by atoms with Crippen molar-refractivity contribution in [3.63, 3.8) is 0 Å². The van der Waals surface area contributed by atoms with E-state index in [1.54, 1.807) is 19.2 Å². The average Bonchev–Trinajstić information content (AvgIpc) is 3.47. The van der Waals surface area contributed by atoms with E-state index in [9.17, 15) is 9.18 Å². The molecule has 1 aromatic heterocycles. The summed E-state index contributed by atoms with van der Waals surface area (Å²) in [6.07, 6.45) is 3.12. The van der Waals surface area contributed by atoms with Crippen LogP contribution in [0.15, 0.2) is 52.9 Å². The first kappa shape index (κ1) is 21.0. The highest BCUT2D eigenvalue weighted by Gasteiger charge is 2.27. The summed E-state index contributed by atoms with van der Waals surface area (Å²) in [6.45, 7) is 1.39. The summed E-state index contributed by atoms with van der Waals surface area (Å²) in [5, 5.41) is 8.18. The van der Waals surface area contributed by atoms with E-state index in [0.717, 1.165) is 30.7 Å². The Morgan fingerprint density at radius 2 is 1.77 bits per heavy atom. The van der Waals surface area contributed by atoms with Crippen molar-refractivity contribution in [3.8, 4) is 5.75 Å². The second-order valence-corrected chi connectivity index (χ2v) is 7.81. The fourth-order valence-electron chi connectivity index (χ4n) is 3.90. The summed E-state index contributed by atoms with van der Waals surface area (Å²) in [4.78, 5) is 14.5. The molecule has 7 heteroatoms. The number of hydrogen-bond donors (Lipinski definition) is 0. The molecular weight excluding hydrogens is 397 g/mol. The van der Waals surface area contributed by atoms with Gasteiger partial charge in [0.05, 0.1) is 7.11 Å². The molecule has 2 heterocycles. The molecule has 0 N–H and O–H groups in total. The highest BCUT2D eigenvalue weighted by Crippen LogP contribution is 2.27. The molecular formula is C24H26FN3O3. The molecule has 1 aliphatic heterocycles. The number of nitrogens with zero attached hydrogens (tertiary/aromatic N) is 3. The van der Waals surface area contributed by atoms with E-state index in [2.05, 4.69) is 10.2 Å². The first-order valence-electron chi connectivity index (χ1n) is 10.6. The minimum absolute atomic E-state index is 0.0857. The largest absolute Gasteiger partial charge is 0.497 e. The SMILES string of the molecule is COc1ccc(CCc2nnc(CCC(=O)N3CC[C@@H](c4ccc(F)cc4)C3)o2)cc1. The first-order valence-corrected chi connectivity index (χ1v) is 10.6. The lowest BCUT2D eigenvalue weighted by molar-refractivity contribution is -0.130. The van der Waals surface area contributed by atoms with Crippen molar-refractivity contribution in [2.24, 2.45) is 0 Å². The molecule has 0 saturated carbocycles. The number of carbonyl (C=O) groups is 1. The van der Waals surface area contributed by atoms with E-state index in [-0.39, 0.29) is 17.6 Å². The van der Waals surface area contributed by atoms with Crippen molar-refractivity contribution in [2.45, 2.75) is 38.0 Å². The van der Waals surface area contributed by atoms with Gasteiger partial charge in [0.15, 0.2) is 0 Å². The molecule has 0 unspecified atom stereocenters. The number of aromatic nitrogens is 2. The smallest absolute Gasteiger partial charge is 0.223 e. The zero-order valence-corrected chi connectivity index (χ0v) is 17.6. The third-order valence-electron chi connectivity index (χ3n) is 5.73. The monoisotopic (exact) mass is 423 g/mol. The number of halogens is 1. The molecule has 0 spiro atoms. The Morgan fingerprint density at radius 1 is 1.06 bits per heavy atom. The van der Waals surface area contributed by atoms with Gasteiger partial charge in [-0.1, -0.05) is 24.3 Å². The lowest BCUT2D eigenvalue weighted by atomic mass is 9.99. The molecule has 1 atom stereocenters. The molecule has 1 fully saturated rings. The van der Waals surface area contributed by atoms with Gasteiger partial charge in [-0.15, -0.1) is 10.2 Å². The predicted molar refractivity (Wildman–Crippen MR) is 113 cm³/mol. The zero-order chi connectivity index (χ0) is 21.6. The third kappa shape index (κ3) is 5.48. The summed E-state index contributed by atoms with van der Waals surface area (Å²) in [7, 11) is 1.65. The molecule has 31 heavy (non-hydrogen) atoms. The van der Waals surface area contributed by atoms with Crippen molar-refractivity contribution in [1.82, 2.24) is 15.1 Å². The minimum Gasteiger partial charge on any atom is -0.497 e. The van der Waals surface area contributed by atoms with Gasteiger partial charge in [0.25, 0.3) is 0 Å². The summed E-state index contributed by atoms with van der Waals surface area (Å²) < 4.78 is 24.0. The quantitative estimate of drug-likeness (QED) is 0.549. The van der Waals surface area contributed by atoms with Crippen LogP contribution in [0.25, 0.3) is 0 Å². The molecule has 162 valence electrons. The Morgan fingerprint density at radius 3 is 2.48 bits per heavy atom. The van der Waals surface area contributed by atoms with Crippen LogP contribution < -0.4 is 4.74 Å². The number of methoxy groups -OCH3 is 1. The van der Waals surface area contributed by atoms with Gasteiger partial charge in [-0.3, -0.25) is 4.79 Å². The molecule has 6 nitrogen and oxygen atoms in total. The van der Waals surface area contributed by atoms with Crippen LogP contribution in [0.1, 0.15) is 41.7 Å². The van der Waals surface area contributed by atoms with Gasteiger partial charge in [-0.25, -0.2) is 4.39 Å². The van der Waals surface area contributed by atoms with Crippen molar-refractivity contribution in [2.75, 3.05) is 20.2 Å². The van der Waals surface area contributed by atoms with Crippen LogP contribution >= 0.6 is 0 Å². The maximum atomic E-state index is 13.1. The molecule has 0 radical (unpaired) electrons. The minimum atomic E-state index is -0.238. The van der Waals surface area contributed by atoms with Crippen molar-refractivity contribution < 1.29 is 18.3 Å². The summed E-state index contributed by atoms with van der Waals surface area (Å²) >= 11 is 0. The number of rotatable bonds is 8. The van der Waals surface area contributed by atoms with Gasteiger partial charge < -0.3 is 14.1 Å². The van der Waals surface area contributed by atoms with Crippen LogP contribution in [0.3, 0.4) is 0 Å². The maximum absolute atomic E-state index is 13.1. The van der Waals surface area contributed by atoms with E-state index in [0.29, 0.717) is 37.6 Å². The number of hydrogen-bond acceptors (Lipinski definition) is 5. The van der Waals surface area contributed by atoms with Gasteiger partial charge in [0.1, 0.15) is 11.6 Å². The van der Waals surface area contributed by atoms with Crippen LogP contribution in [0.2, 0.25) is 0 Å². The lowest BCUT2D eigenvalue weighted by Gasteiger charge is -2.16. The number of benzene rings is 2. The summed E-state index contributed by atoms with van der Waals surface area (Å²) in [5.41, 5.74) is 2.25. The number of carbonyl (C=O) groups excluding carboxylic acids is 1. The number of likely N-dealkylation sites (tertiary alicyclic amines) is 1. The second kappa shape index (κ2) is 9.73. The number of ether oxygens (including phenoxy) is 1. The van der Waals surface area contributed by atoms with Crippen molar-refractivity contribution in [1.29, 1.82) is 0 Å². The molecule has 1 saturated heterocycles. The molecule has 2 aromatic carbocycles. The Hall–Kier alpha value is -3.22. The van der Waals surface area contributed by atoms with Crippen molar-refractivity contribution in [3.05, 3.63) is 77.3 Å². The van der Waals surface area contributed by atoms with Crippen LogP contribution in [0, 0.1) is 5.82 Å². The molecule has 0 bridgehead atoms. The topological polar surface area (TPSA) is 68.5 Å². The maximum Gasteiger partial charge on any atom is 0.223 e. The van der Waals surface area contributed by atoms with Crippen molar-refractivity contribution >= 4 is 5.91 Å². The fraction of sp³-hybridized carbons (Fsp3) is 0.375. The van der Waals surface area contributed by atoms with Gasteiger partial charge in [0, 0.05) is 38.3 Å². The van der Waals surface area contributed by atoms with Crippen LogP contribution in [0.5, 0.6) is 5.75 Å². The van der Waals surface area contributed by atoms with E-state index in [4.69, 9.17) is 9.15 Å². The molecule has 1 aliphatic rings. The summed E-state index contributed by atoms with van der Waals surface area (Å²) in [5.74, 6) is 2.01. The Balaban J connectivity index is 1.22. The number of aryl methyl sites for hydroxylation is 3. The normalized spacial score (nSPS) is 15.9. The van der Waals surface area contributed by atoms with Crippen LogP contribution in [0.4, 0.5) is 4.39 Å². The van der Waals surface area contributed by atoms with E-state index >= 15 is 0 Å². The van der Waals surface area contributed by atoms with Gasteiger partial charge in [-0.05, 0) is 48.2 Å². The Labute approximate surface area is 181 Å². The molecule has 4 rings (SSSR count). The standard InChI is InChI=1S/C24H26FN3O3/c1-30-21-9-2-17(3-10-21)4-11-22-26-27-23(31-22)12-13-24(29)28-15-14-19(16-28)18-5-7-20(25)8-6-18/h2-3,5-10,19H,4,11-16H2,1H3/t19-/m1/s1. The second-order valence-electron chi connectivity index (χ2n) is 7.81. The summed E-state index contributed by atoms with van der Waals surface area (Å²) in [6, 6.07) is 14.5. The fourth-order valence-corrected chi connectivity index (χ4v) is 3.90. The Bertz CT molecular complexity index is 1000. The van der Waals surface area contributed by atoms with E-state index < -0.39 is 0 Å². The van der Waals surface area contributed by atoms with E-state index in [1.165, 1.54) is 17.7 Å². The molecule has 1 amide bonds. The lowest BCUT2D eigenvalue weighted by Crippen LogP contribution is -2.28.